The number of rotatable bonds is 7. The Morgan fingerprint density at radius 1 is 1.47 bits per heavy atom. The minimum Gasteiger partial charge on any atom is -0.355 e. The van der Waals surface area contributed by atoms with E-state index in [4.69, 9.17) is 0 Å². The molecule has 102 valence electrons. The molecule has 2 heterocycles. The summed E-state index contributed by atoms with van der Waals surface area (Å²) >= 11 is 4.98. The van der Waals surface area contributed by atoms with Crippen LogP contribution in [0.3, 0.4) is 0 Å². The van der Waals surface area contributed by atoms with Gasteiger partial charge in [0.2, 0.25) is 5.91 Å². The maximum absolute atomic E-state index is 11.4. The summed E-state index contributed by atoms with van der Waals surface area (Å²) < 4.78 is 0. The Labute approximate surface area is 125 Å². The summed E-state index contributed by atoms with van der Waals surface area (Å²) in [6.07, 6.45) is 0.979. The Kier molecular flexibility index (Phi) is 5.88. The number of amides is 1. The van der Waals surface area contributed by atoms with Gasteiger partial charge in [-0.05, 0) is 17.9 Å². The Morgan fingerprint density at radius 3 is 3.11 bits per heavy atom. The van der Waals surface area contributed by atoms with E-state index in [1.807, 2.05) is 6.07 Å². The first kappa shape index (κ1) is 14.6. The molecule has 3 nitrogen and oxygen atoms in total. The highest BCUT2D eigenvalue weighted by atomic mass is 32.2. The zero-order chi connectivity index (χ0) is 13.5. The van der Waals surface area contributed by atoms with E-state index in [1.54, 1.807) is 34.4 Å². The molecule has 2 rings (SSSR count). The van der Waals surface area contributed by atoms with Gasteiger partial charge in [-0.2, -0.15) is 0 Å². The molecule has 1 N–H and O–H groups in total. The second-order valence-corrected chi connectivity index (χ2v) is 6.76. The lowest BCUT2D eigenvalue weighted by atomic mass is 10.5. The van der Waals surface area contributed by atoms with Crippen molar-refractivity contribution in [1.82, 2.24) is 10.3 Å². The number of thiophene rings is 1. The molecule has 0 aliphatic heterocycles. The molecule has 6 heteroatoms. The summed E-state index contributed by atoms with van der Waals surface area (Å²) in [6.45, 7) is 2.81. The number of nitrogens with zero attached hydrogens (tertiary/aromatic N) is 1. The average molecular weight is 312 g/mol. The van der Waals surface area contributed by atoms with Gasteiger partial charge in [0.25, 0.3) is 0 Å². The smallest absolute Gasteiger partial charge is 0.230 e. The molecule has 0 saturated carbocycles. The molecule has 0 saturated heterocycles. The maximum Gasteiger partial charge on any atom is 0.230 e. The number of nitrogens with one attached hydrogen (secondary N) is 1. The van der Waals surface area contributed by atoms with Crippen LogP contribution in [0.25, 0.3) is 9.88 Å². The summed E-state index contributed by atoms with van der Waals surface area (Å²) in [6, 6.07) is 4.12. The molecule has 2 aromatic heterocycles. The molecular weight excluding hydrogens is 296 g/mol. The van der Waals surface area contributed by atoms with Crippen LogP contribution in [0.5, 0.6) is 0 Å². The molecule has 0 aliphatic carbocycles. The fourth-order valence-corrected chi connectivity index (χ4v) is 3.94. The van der Waals surface area contributed by atoms with Crippen molar-refractivity contribution in [3.8, 4) is 9.88 Å². The predicted octanol–water partition coefficient (Wildman–Crippen LogP) is 3.63. The van der Waals surface area contributed by atoms with Crippen molar-refractivity contribution in [2.45, 2.75) is 19.1 Å². The Balaban J connectivity index is 1.76. The van der Waals surface area contributed by atoms with Crippen LogP contribution >= 0.6 is 34.4 Å². The van der Waals surface area contributed by atoms with Crippen LogP contribution in [0.2, 0.25) is 0 Å². The van der Waals surface area contributed by atoms with E-state index in [1.165, 1.54) is 4.88 Å². The van der Waals surface area contributed by atoms with Crippen LogP contribution in [0.1, 0.15) is 19.0 Å². The third kappa shape index (κ3) is 4.63. The lowest BCUT2D eigenvalue weighted by Crippen LogP contribution is -2.25. The first-order valence-corrected chi connectivity index (χ1v) is 9.03. The molecule has 0 fully saturated rings. The van der Waals surface area contributed by atoms with Crippen molar-refractivity contribution in [2.75, 3.05) is 12.3 Å². The van der Waals surface area contributed by atoms with Gasteiger partial charge in [-0.15, -0.1) is 34.4 Å². The fourth-order valence-electron chi connectivity index (χ4n) is 1.45. The highest BCUT2D eigenvalue weighted by Gasteiger charge is 2.06. The van der Waals surface area contributed by atoms with Crippen LogP contribution in [-0.2, 0) is 10.5 Å². The van der Waals surface area contributed by atoms with Gasteiger partial charge in [0.15, 0.2) is 0 Å². The number of aromatic nitrogens is 1. The second-order valence-electron chi connectivity index (χ2n) is 3.96. The molecule has 0 aliphatic rings. The SMILES string of the molecule is CCCNC(=O)CSCc1csc(-c2cccs2)n1. The van der Waals surface area contributed by atoms with Crippen LogP contribution in [0, 0.1) is 0 Å². The van der Waals surface area contributed by atoms with Gasteiger partial charge in [0, 0.05) is 17.7 Å². The normalized spacial score (nSPS) is 10.6. The van der Waals surface area contributed by atoms with Crippen molar-refractivity contribution >= 4 is 40.3 Å². The van der Waals surface area contributed by atoms with E-state index in [0.29, 0.717) is 5.75 Å². The molecule has 0 atom stereocenters. The van der Waals surface area contributed by atoms with E-state index in [2.05, 4.69) is 34.1 Å². The first-order valence-electron chi connectivity index (χ1n) is 6.12. The van der Waals surface area contributed by atoms with Gasteiger partial charge < -0.3 is 5.32 Å². The van der Waals surface area contributed by atoms with Gasteiger partial charge in [-0.3, -0.25) is 4.79 Å². The number of carbonyl (C=O) groups is 1. The molecule has 2 aromatic rings. The molecule has 19 heavy (non-hydrogen) atoms. The van der Waals surface area contributed by atoms with E-state index in [0.717, 1.165) is 29.4 Å². The van der Waals surface area contributed by atoms with E-state index < -0.39 is 0 Å². The summed E-state index contributed by atoms with van der Waals surface area (Å²) in [5.74, 6) is 1.41. The molecule has 0 radical (unpaired) electrons. The topological polar surface area (TPSA) is 42.0 Å². The van der Waals surface area contributed by atoms with Gasteiger partial charge in [0.1, 0.15) is 5.01 Å². The van der Waals surface area contributed by atoms with Crippen molar-refractivity contribution in [3.05, 3.63) is 28.6 Å². The molecule has 0 unspecified atom stereocenters. The number of hydrogen-bond acceptors (Lipinski definition) is 5. The van der Waals surface area contributed by atoms with Gasteiger partial charge in [-0.25, -0.2) is 4.98 Å². The largest absolute Gasteiger partial charge is 0.355 e. The summed E-state index contributed by atoms with van der Waals surface area (Å²) in [5, 5.41) is 8.07. The summed E-state index contributed by atoms with van der Waals surface area (Å²) in [7, 11) is 0. The van der Waals surface area contributed by atoms with E-state index in [-0.39, 0.29) is 5.91 Å². The zero-order valence-corrected chi connectivity index (χ0v) is 13.2. The number of carbonyl (C=O) groups excluding carboxylic acids is 1. The minimum atomic E-state index is 0.112. The van der Waals surface area contributed by atoms with Crippen molar-refractivity contribution in [2.24, 2.45) is 0 Å². The predicted molar refractivity (Wildman–Crippen MR) is 84.9 cm³/mol. The molecule has 0 bridgehead atoms. The fraction of sp³-hybridized carbons (Fsp3) is 0.385. The third-order valence-corrected chi connectivity index (χ3v) is 5.24. The van der Waals surface area contributed by atoms with Crippen molar-refractivity contribution in [3.63, 3.8) is 0 Å². The molecule has 1 amide bonds. The standard InChI is InChI=1S/C13H16N2OS3/c1-2-5-14-12(16)9-17-7-10-8-19-13(15-10)11-4-3-6-18-11/h3-4,6,8H,2,5,7,9H2,1H3,(H,14,16). The second kappa shape index (κ2) is 7.67. The van der Waals surface area contributed by atoms with Crippen LogP contribution < -0.4 is 5.32 Å². The van der Waals surface area contributed by atoms with Crippen LogP contribution in [0.4, 0.5) is 0 Å². The highest BCUT2D eigenvalue weighted by molar-refractivity contribution is 7.99. The summed E-state index contributed by atoms with van der Waals surface area (Å²) in [5.41, 5.74) is 1.06. The first-order chi connectivity index (χ1) is 9.29. The van der Waals surface area contributed by atoms with Gasteiger partial charge in [0.05, 0.1) is 16.3 Å². The van der Waals surface area contributed by atoms with Crippen LogP contribution in [0.15, 0.2) is 22.9 Å². The lowest BCUT2D eigenvalue weighted by Gasteiger charge is -2.01. The van der Waals surface area contributed by atoms with Gasteiger partial charge >= 0.3 is 0 Å². The van der Waals surface area contributed by atoms with E-state index >= 15 is 0 Å². The average Bonchev–Trinajstić information content (AvgIpc) is 3.06. The number of hydrogen-bond donors (Lipinski definition) is 1. The number of thiazole rings is 1. The highest BCUT2D eigenvalue weighted by Crippen LogP contribution is 2.28. The van der Waals surface area contributed by atoms with Crippen molar-refractivity contribution in [1.29, 1.82) is 0 Å². The number of thioether (sulfide) groups is 1. The molecule has 0 spiro atoms. The molecule has 0 aromatic carbocycles. The monoisotopic (exact) mass is 312 g/mol. The molecular formula is C13H16N2OS3. The Bertz CT molecular complexity index is 508. The van der Waals surface area contributed by atoms with Crippen LogP contribution in [-0.4, -0.2) is 23.2 Å². The van der Waals surface area contributed by atoms with Gasteiger partial charge in [-0.1, -0.05) is 13.0 Å². The summed E-state index contributed by atoms with van der Waals surface area (Å²) in [4.78, 5) is 17.2. The maximum atomic E-state index is 11.4. The van der Waals surface area contributed by atoms with Crippen molar-refractivity contribution < 1.29 is 4.79 Å². The Hall–Kier alpha value is -0.850. The third-order valence-electron chi connectivity index (χ3n) is 2.34. The van der Waals surface area contributed by atoms with E-state index in [9.17, 15) is 4.79 Å². The lowest BCUT2D eigenvalue weighted by molar-refractivity contribution is -0.118. The zero-order valence-electron chi connectivity index (χ0n) is 10.7. The quantitative estimate of drug-likeness (QED) is 0.849. The minimum absolute atomic E-state index is 0.112. The Morgan fingerprint density at radius 2 is 2.37 bits per heavy atom.